The third kappa shape index (κ3) is 3.09. The Kier molecular flexibility index (Phi) is 4.03. The van der Waals surface area contributed by atoms with Crippen LogP contribution in [-0.2, 0) is 15.5 Å². The molecule has 1 aliphatic rings. The second-order valence-electron chi connectivity index (χ2n) is 5.16. The molecule has 0 N–H and O–H groups in total. The van der Waals surface area contributed by atoms with Gasteiger partial charge in [-0.1, -0.05) is 37.6 Å². The molecule has 3 heteroatoms. The zero-order valence-corrected chi connectivity index (χ0v) is 12.2. The van der Waals surface area contributed by atoms with Crippen molar-refractivity contribution in [2.24, 2.45) is 5.92 Å². The Bertz CT molecular complexity index is 474. The van der Waals surface area contributed by atoms with Gasteiger partial charge in [-0.2, -0.15) is 0 Å². The summed E-state index contributed by atoms with van der Waals surface area (Å²) in [6, 6.07) is 7.87. The molecule has 1 aromatic rings. The zero-order chi connectivity index (χ0) is 13.3. The van der Waals surface area contributed by atoms with Gasteiger partial charge in [-0.05, 0) is 31.9 Å². The summed E-state index contributed by atoms with van der Waals surface area (Å²) in [7, 11) is -1.10. The average Bonchev–Trinajstić information content (AvgIpc) is 3.03. The number of allylic oxidation sites excluding steroid dienone is 1. The van der Waals surface area contributed by atoms with Crippen molar-refractivity contribution in [2.45, 2.75) is 44.8 Å². The van der Waals surface area contributed by atoms with Gasteiger partial charge in [0, 0.05) is 9.80 Å². The molecule has 1 aliphatic heterocycles. The molecule has 98 valence electrons. The van der Waals surface area contributed by atoms with Gasteiger partial charge < -0.3 is 4.74 Å². The molecule has 18 heavy (non-hydrogen) atoms. The van der Waals surface area contributed by atoms with Crippen LogP contribution in [0.3, 0.4) is 0 Å². The average molecular weight is 264 g/mol. The van der Waals surface area contributed by atoms with Gasteiger partial charge in [0.15, 0.2) is 0 Å². The van der Waals surface area contributed by atoms with Crippen LogP contribution in [0.25, 0.3) is 0 Å². The maximum absolute atomic E-state index is 12.6. The van der Waals surface area contributed by atoms with E-state index in [1.54, 1.807) is 0 Å². The van der Waals surface area contributed by atoms with Crippen molar-refractivity contribution in [3.8, 4) is 0 Å². The molecule has 0 amide bonds. The number of aryl methyl sites for hydroxylation is 1. The van der Waals surface area contributed by atoms with Crippen LogP contribution in [0.2, 0.25) is 0 Å². The van der Waals surface area contributed by atoms with Crippen LogP contribution in [0.1, 0.15) is 26.3 Å². The summed E-state index contributed by atoms with van der Waals surface area (Å²) >= 11 is 0. The van der Waals surface area contributed by atoms with E-state index in [9.17, 15) is 4.21 Å². The largest absolute Gasteiger partial charge is 0.364 e. The molecule has 0 spiro atoms. The highest BCUT2D eigenvalue weighted by molar-refractivity contribution is 7.89. The molecule has 2 rings (SSSR count). The van der Waals surface area contributed by atoms with E-state index in [4.69, 9.17) is 4.74 Å². The van der Waals surface area contributed by atoms with Gasteiger partial charge in [0.05, 0.1) is 16.9 Å². The summed E-state index contributed by atoms with van der Waals surface area (Å²) in [5.41, 5.74) is 1.18. The molecule has 0 aliphatic carbocycles. The SMILES string of the molecule is Cc1ccc(S(=O)/C(=C/C(C)C)[C@H]2O[C@H]2C)cc1. The molecule has 1 saturated heterocycles. The Labute approximate surface area is 112 Å². The van der Waals surface area contributed by atoms with Crippen LogP contribution < -0.4 is 0 Å². The number of benzene rings is 1. The lowest BCUT2D eigenvalue weighted by atomic mass is 10.2. The molecule has 1 fully saturated rings. The van der Waals surface area contributed by atoms with Gasteiger partial charge in [-0.25, -0.2) is 4.21 Å². The first-order chi connectivity index (χ1) is 8.49. The fraction of sp³-hybridized carbons (Fsp3) is 0.467. The molecule has 1 heterocycles. The fourth-order valence-corrected chi connectivity index (χ4v) is 3.38. The van der Waals surface area contributed by atoms with Crippen LogP contribution in [-0.4, -0.2) is 16.4 Å². The van der Waals surface area contributed by atoms with E-state index in [0.717, 1.165) is 9.80 Å². The van der Waals surface area contributed by atoms with E-state index in [2.05, 4.69) is 19.9 Å². The number of ether oxygens (including phenoxy) is 1. The standard InChI is InChI=1S/C15H20O2S/c1-10(2)9-14(15-12(4)17-15)18(16)13-7-5-11(3)6-8-13/h5-10,12,15H,1-4H3/b14-9+/t12-,15-,18?/m0/s1. The third-order valence-electron chi connectivity index (χ3n) is 2.94. The maximum Gasteiger partial charge on any atom is 0.117 e. The summed E-state index contributed by atoms with van der Waals surface area (Å²) in [6.45, 7) is 8.24. The lowest BCUT2D eigenvalue weighted by Crippen LogP contribution is -2.06. The Morgan fingerprint density at radius 2 is 1.89 bits per heavy atom. The quantitative estimate of drug-likeness (QED) is 0.780. The second-order valence-corrected chi connectivity index (χ2v) is 6.64. The summed E-state index contributed by atoms with van der Waals surface area (Å²) in [5.74, 6) is 0.380. The molecular weight excluding hydrogens is 244 g/mol. The molecule has 0 aromatic heterocycles. The Balaban J connectivity index is 2.26. The molecular formula is C15H20O2S. The monoisotopic (exact) mass is 264 g/mol. The van der Waals surface area contributed by atoms with E-state index < -0.39 is 10.8 Å². The summed E-state index contributed by atoms with van der Waals surface area (Å²) in [5, 5.41) is 0. The minimum absolute atomic E-state index is 0.0366. The van der Waals surface area contributed by atoms with E-state index >= 15 is 0 Å². The first-order valence-electron chi connectivity index (χ1n) is 6.34. The highest BCUT2D eigenvalue weighted by Gasteiger charge is 2.40. The van der Waals surface area contributed by atoms with Crippen LogP contribution in [0.5, 0.6) is 0 Å². The van der Waals surface area contributed by atoms with Crippen LogP contribution in [0.4, 0.5) is 0 Å². The topological polar surface area (TPSA) is 29.6 Å². The van der Waals surface area contributed by atoms with Crippen molar-refractivity contribution in [3.63, 3.8) is 0 Å². The van der Waals surface area contributed by atoms with Crippen LogP contribution in [0, 0.1) is 12.8 Å². The number of hydrogen-bond donors (Lipinski definition) is 0. The van der Waals surface area contributed by atoms with Crippen molar-refractivity contribution >= 4 is 10.8 Å². The lowest BCUT2D eigenvalue weighted by Gasteiger charge is -2.07. The maximum atomic E-state index is 12.6. The molecule has 0 saturated carbocycles. The van der Waals surface area contributed by atoms with Crippen LogP contribution in [0.15, 0.2) is 40.1 Å². The van der Waals surface area contributed by atoms with Crippen LogP contribution >= 0.6 is 0 Å². The van der Waals surface area contributed by atoms with E-state index in [1.807, 2.05) is 38.1 Å². The first kappa shape index (κ1) is 13.5. The molecule has 2 nitrogen and oxygen atoms in total. The van der Waals surface area contributed by atoms with Gasteiger partial charge in [0.2, 0.25) is 0 Å². The minimum atomic E-state index is -1.10. The first-order valence-corrected chi connectivity index (χ1v) is 7.49. The van der Waals surface area contributed by atoms with E-state index in [0.29, 0.717) is 5.92 Å². The predicted octanol–water partition coefficient (Wildman–Crippen LogP) is 3.43. The van der Waals surface area contributed by atoms with Gasteiger partial charge in [0.1, 0.15) is 6.10 Å². The van der Waals surface area contributed by atoms with E-state index in [1.165, 1.54) is 5.56 Å². The van der Waals surface area contributed by atoms with Gasteiger partial charge in [-0.3, -0.25) is 0 Å². The molecule has 1 unspecified atom stereocenters. The van der Waals surface area contributed by atoms with Crippen molar-refractivity contribution in [1.82, 2.24) is 0 Å². The summed E-state index contributed by atoms with van der Waals surface area (Å²) in [6.07, 6.45) is 2.31. The molecule has 1 aromatic carbocycles. The van der Waals surface area contributed by atoms with Gasteiger partial charge in [-0.15, -0.1) is 0 Å². The number of hydrogen-bond acceptors (Lipinski definition) is 2. The van der Waals surface area contributed by atoms with Gasteiger partial charge in [0.25, 0.3) is 0 Å². The normalized spacial score (nSPS) is 25.3. The van der Waals surface area contributed by atoms with Crippen molar-refractivity contribution in [3.05, 3.63) is 40.8 Å². The van der Waals surface area contributed by atoms with Crippen molar-refractivity contribution in [1.29, 1.82) is 0 Å². The van der Waals surface area contributed by atoms with Gasteiger partial charge >= 0.3 is 0 Å². The van der Waals surface area contributed by atoms with Crippen molar-refractivity contribution < 1.29 is 8.95 Å². The van der Waals surface area contributed by atoms with Crippen molar-refractivity contribution in [2.75, 3.05) is 0 Å². The molecule has 3 atom stereocenters. The smallest absolute Gasteiger partial charge is 0.117 e. The lowest BCUT2D eigenvalue weighted by molar-refractivity contribution is 0.398. The fourth-order valence-electron chi connectivity index (χ4n) is 1.87. The Morgan fingerprint density at radius 3 is 2.33 bits per heavy atom. The third-order valence-corrected chi connectivity index (χ3v) is 4.44. The highest BCUT2D eigenvalue weighted by Crippen LogP contribution is 2.33. The summed E-state index contributed by atoms with van der Waals surface area (Å²) < 4.78 is 18.1. The summed E-state index contributed by atoms with van der Waals surface area (Å²) in [4.78, 5) is 1.77. The Hall–Kier alpha value is -0.930. The Morgan fingerprint density at radius 1 is 1.33 bits per heavy atom. The zero-order valence-electron chi connectivity index (χ0n) is 11.3. The minimum Gasteiger partial charge on any atom is -0.364 e. The predicted molar refractivity (Wildman–Crippen MR) is 74.8 cm³/mol. The molecule has 0 bridgehead atoms. The second kappa shape index (κ2) is 5.37. The molecule has 0 radical (unpaired) electrons. The van der Waals surface area contributed by atoms with E-state index in [-0.39, 0.29) is 12.2 Å². The highest BCUT2D eigenvalue weighted by atomic mass is 32.2. The number of epoxide rings is 1. The number of rotatable bonds is 4.